The molecule has 1 heterocycles. The van der Waals surface area contributed by atoms with Crippen LogP contribution in [0.25, 0.3) is 0 Å². The second-order valence-corrected chi connectivity index (χ2v) is 4.74. The Kier molecular flexibility index (Phi) is 4.10. The van der Waals surface area contributed by atoms with E-state index in [4.69, 9.17) is 5.73 Å². The summed E-state index contributed by atoms with van der Waals surface area (Å²) in [4.78, 5) is 4.26. The van der Waals surface area contributed by atoms with Crippen LogP contribution in [0.3, 0.4) is 0 Å². The molecule has 0 saturated heterocycles. The number of aromatic nitrogens is 3. The van der Waals surface area contributed by atoms with E-state index >= 15 is 0 Å². The van der Waals surface area contributed by atoms with E-state index in [-0.39, 0.29) is 0 Å². The van der Waals surface area contributed by atoms with Crippen molar-refractivity contribution in [1.82, 2.24) is 14.8 Å². The molecule has 2 N–H and O–H groups in total. The van der Waals surface area contributed by atoms with Gasteiger partial charge >= 0.3 is 0 Å². The normalized spacial score (nSPS) is 12.6. The first-order valence-electron chi connectivity index (χ1n) is 6.28. The Bertz CT molecular complexity index is 504. The fourth-order valence-electron chi connectivity index (χ4n) is 2.15. The molecule has 0 aliphatic rings. The van der Waals surface area contributed by atoms with Crippen molar-refractivity contribution in [2.24, 2.45) is 18.7 Å². The molecule has 1 unspecified atom stereocenters. The molecule has 4 heteroatoms. The van der Waals surface area contributed by atoms with Crippen LogP contribution in [-0.2, 0) is 19.9 Å². The van der Waals surface area contributed by atoms with E-state index in [2.05, 4.69) is 41.3 Å². The fraction of sp³-hybridized carbons (Fsp3) is 0.429. The SMILES string of the molecule is Cc1ccccc1CC(CN)Cc1ncnn1C. The Labute approximate surface area is 108 Å². The zero-order valence-electron chi connectivity index (χ0n) is 11.0. The van der Waals surface area contributed by atoms with Crippen LogP contribution in [0.15, 0.2) is 30.6 Å². The molecular formula is C14H20N4. The minimum atomic E-state index is 0.411. The lowest BCUT2D eigenvalue weighted by atomic mass is 9.93. The maximum atomic E-state index is 5.88. The molecule has 18 heavy (non-hydrogen) atoms. The number of benzene rings is 1. The van der Waals surface area contributed by atoms with E-state index in [0.29, 0.717) is 12.5 Å². The van der Waals surface area contributed by atoms with Gasteiger partial charge in [0.05, 0.1) is 0 Å². The number of nitrogens with zero attached hydrogens (tertiary/aromatic N) is 3. The number of hydrogen-bond acceptors (Lipinski definition) is 3. The van der Waals surface area contributed by atoms with Crippen molar-refractivity contribution in [3.63, 3.8) is 0 Å². The number of hydrogen-bond donors (Lipinski definition) is 1. The predicted octanol–water partition coefficient (Wildman–Crippen LogP) is 1.48. The molecular weight excluding hydrogens is 224 g/mol. The van der Waals surface area contributed by atoms with Crippen molar-refractivity contribution in [1.29, 1.82) is 0 Å². The smallest absolute Gasteiger partial charge is 0.138 e. The summed E-state index contributed by atoms with van der Waals surface area (Å²) in [7, 11) is 1.92. The Balaban J connectivity index is 2.06. The van der Waals surface area contributed by atoms with Gasteiger partial charge in [0.15, 0.2) is 0 Å². The average Bonchev–Trinajstić information content (AvgIpc) is 2.77. The third-order valence-corrected chi connectivity index (χ3v) is 3.38. The highest BCUT2D eigenvalue weighted by Gasteiger charge is 2.13. The van der Waals surface area contributed by atoms with E-state index in [1.807, 2.05) is 11.7 Å². The average molecular weight is 244 g/mol. The van der Waals surface area contributed by atoms with Crippen molar-refractivity contribution in [3.05, 3.63) is 47.5 Å². The Morgan fingerprint density at radius 2 is 2.06 bits per heavy atom. The van der Waals surface area contributed by atoms with E-state index in [0.717, 1.165) is 18.7 Å². The first-order chi connectivity index (χ1) is 8.70. The summed E-state index contributed by atoms with van der Waals surface area (Å²) in [6, 6.07) is 8.47. The molecule has 0 aliphatic heterocycles. The van der Waals surface area contributed by atoms with Crippen LogP contribution < -0.4 is 5.73 Å². The van der Waals surface area contributed by atoms with Crippen LogP contribution in [0, 0.1) is 12.8 Å². The van der Waals surface area contributed by atoms with Gasteiger partial charge in [-0.1, -0.05) is 24.3 Å². The summed E-state index contributed by atoms with van der Waals surface area (Å²) in [6.45, 7) is 2.81. The van der Waals surface area contributed by atoms with Crippen molar-refractivity contribution in [3.8, 4) is 0 Å². The van der Waals surface area contributed by atoms with Crippen LogP contribution in [0.1, 0.15) is 17.0 Å². The van der Waals surface area contributed by atoms with Crippen LogP contribution in [0.2, 0.25) is 0 Å². The monoisotopic (exact) mass is 244 g/mol. The highest BCUT2D eigenvalue weighted by atomic mass is 15.3. The molecule has 0 amide bonds. The van der Waals surface area contributed by atoms with Gasteiger partial charge in [0.25, 0.3) is 0 Å². The Morgan fingerprint density at radius 3 is 2.67 bits per heavy atom. The summed E-state index contributed by atoms with van der Waals surface area (Å²) in [5.74, 6) is 1.41. The molecule has 0 spiro atoms. The molecule has 4 nitrogen and oxygen atoms in total. The molecule has 0 fully saturated rings. The zero-order valence-corrected chi connectivity index (χ0v) is 11.0. The van der Waals surface area contributed by atoms with Crippen molar-refractivity contribution in [2.45, 2.75) is 19.8 Å². The van der Waals surface area contributed by atoms with Gasteiger partial charge in [-0.2, -0.15) is 5.10 Å². The van der Waals surface area contributed by atoms with Gasteiger partial charge in [-0.3, -0.25) is 4.68 Å². The fourth-order valence-corrected chi connectivity index (χ4v) is 2.15. The molecule has 0 bridgehead atoms. The van der Waals surface area contributed by atoms with Crippen molar-refractivity contribution < 1.29 is 0 Å². The summed E-state index contributed by atoms with van der Waals surface area (Å²) in [6.07, 6.45) is 3.47. The minimum Gasteiger partial charge on any atom is -0.330 e. The molecule has 96 valence electrons. The van der Waals surface area contributed by atoms with Crippen molar-refractivity contribution >= 4 is 0 Å². The van der Waals surface area contributed by atoms with Gasteiger partial charge in [-0.25, -0.2) is 4.98 Å². The van der Waals surface area contributed by atoms with Gasteiger partial charge < -0.3 is 5.73 Å². The quantitative estimate of drug-likeness (QED) is 0.866. The second kappa shape index (κ2) is 5.78. The third kappa shape index (κ3) is 2.96. The van der Waals surface area contributed by atoms with Crippen LogP contribution in [-0.4, -0.2) is 21.3 Å². The standard InChI is InChI=1S/C14H20N4/c1-11-5-3-4-6-13(11)7-12(9-15)8-14-16-10-17-18(14)2/h3-6,10,12H,7-9,15H2,1-2H3. The van der Waals surface area contributed by atoms with Crippen LogP contribution in [0.5, 0.6) is 0 Å². The number of nitrogens with two attached hydrogens (primary N) is 1. The van der Waals surface area contributed by atoms with E-state index in [1.165, 1.54) is 11.1 Å². The molecule has 2 aromatic rings. The molecule has 1 aromatic carbocycles. The lowest BCUT2D eigenvalue weighted by Crippen LogP contribution is -2.21. The highest BCUT2D eigenvalue weighted by Crippen LogP contribution is 2.15. The summed E-state index contributed by atoms with van der Waals surface area (Å²) < 4.78 is 1.82. The number of aryl methyl sites for hydroxylation is 2. The van der Waals surface area contributed by atoms with E-state index < -0.39 is 0 Å². The summed E-state index contributed by atoms with van der Waals surface area (Å²) >= 11 is 0. The van der Waals surface area contributed by atoms with Gasteiger partial charge in [0.2, 0.25) is 0 Å². The first-order valence-corrected chi connectivity index (χ1v) is 6.28. The molecule has 0 radical (unpaired) electrons. The van der Waals surface area contributed by atoms with Gasteiger partial charge in [-0.15, -0.1) is 0 Å². The van der Waals surface area contributed by atoms with E-state index in [9.17, 15) is 0 Å². The lowest BCUT2D eigenvalue weighted by molar-refractivity contribution is 0.502. The molecule has 0 aliphatic carbocycles. The topological polar surface area (TPSA) is 56.7 Å². The highest BCUT2D eigenvalue weighted by molar-refractivity contribution is 5.26. The summed E-state index contributed by atoms with van der Waals surface area (Å²) in [5, 5.41) is 4.09. The van der Waals surface area contributed by atoms with E-state index in [1.54, 1.807) is 6.33 Å². The number of rotatable bonds is 5. The van der Waals surface area contributed by atoms with Gasteiger partial charge in [0, 0.05) is 13.5 Å². The van der Waals surface area contributed by atoms with Crippen molar-refractivity contribution in [2.75, 3.05) is 6.54 Å². The Hall–Kier alpha value is -1.68. The zero-order chi connectivity index (χ0) is 13.0. The Morgan fingerprint density at radius 1 is 1.28 bits per heavy atom. The second-order valence-electron chi connectivity index (χ2n) is 4.74. The van der Waals surface area contributed by atoms with Gasteiger partial charge in [-0.05, 0) is 36.9 Å². The summed E-state index contributed by atoms with van der Waals surface area (Å²) in [5.41, 5.74) is 8.58. The maximum absolute atomic E-state index is 5.88. The van der Waals surface area contributed by atoms with Crippen LogP contribution in [0.4, 0.5) is 0 Å². The minimum absolute atomic E-state index is 0.411. The van der Waals surface area contributed by atoms with Crippen LogP contribution >= 0.6 is 0 Å². The molecule has 1 atom stereocenters. The molecule has 1 aromatic heterocycles. The third-order valence-electron chi connectivity index (χ3n) is 3.38. The molecule has 0 saturated carbocycles. The lowest BCUT2D eigenvalue weighted by Gasteiger charge is -2.15. The predicted molar refractivity (Wildman–Crippen MR) is 72.1 cm³/mol. The maximum Gasteiger partial charge on any atom is 0.138 e. The first kappa shape index (κ1) is 12.8. The molecule has 2 rings (SSSR count). The van der Waals surface area contributed by atoms with Gasteiger partial charge in [0.1, 0.15) is 12.2 Å². The largest absolute Gasteiger partial charge is 0.330 e.